The largest absolute Gasteiger partial charge is 0.313 e. The lowest BCUT2D eigenvalue weighted by Crippen LogP contribution is -2.41. The van der Waals surface area contributed by atoms with Crippen LogP contribution in [0, 0.1) is 5.92 Å². The van der Waals surface area contributed by atoms with Crippen LogP contribution in [0.4, 0.5) is 0 Å². The molecule has 1 unspecified atom stereocenters. The highest BCUT2D eigenvalue weighted by atomic mass is 15.2. The number of nitrogens with one attached hydrogen (secondary N) is 1. The Kier molecular flexibility index (Phi) is 4.45. The van der Waals surface area contributed by atoms with Crippen LogP contribution >= 0.6 is 0 Å². The first-order chi connectivity index (χ1) is 7.38. The fraction of sp³-hybridized carbons (Fsp3) is 1.00. The van der Waals surface area contributed by atoms with E-state index in [0.29, 0.717) is 0 Å². The molecule has 2 fully saturated rings. The van der Waals surface area contributed by atoms with Crippen LogP contribution in [0.25, 0.3) is 0 Å². The summed E-state index contributed by atoms with van der Waals surface area (Å²) in [4.78, 5) is 2.70. The zero-order chi connectivity index (χ0) is 10.5. The van der Waals surface area contributed by atoms with Crippen LogP contribution in [0.3, 0.4) is 0 Å². The van der Waals surface area contributed by atoms with Gasteiger partial charge in [-0.3, -0.25) is 0 Å². The summed E-state index contributed by atoms with van der Waals surface area (Å²) in [6, 6.07) is 0.789. The molecule has 15 heavy (non-hydrogen) atoms. The quantitative estimate of drug-likeness (QED) is 0.723. The Labute approximate surface area is 94.4 Å². The summed E-state index contributed by atoms with van der Waals surface area (Å²) < 4.78 is 0. The van der Waals surface area contributed by atoms with Gasteiger partial charge in [-0.1, -0.05) is 13.3 Å². The zero-order valence-electron chi connectivity index (χ0n) is 10.2. The van der Waals surface area contributed by atoms with Gasteiger partial charge in [0.2, 0.25) is 0 Å². The molecule has 88 valence electrons. The van der Waals surface area contributed by atoms with Gasteiger partial charge in [0.25, 0.3) is 0 Å². The van der Waals surface area contributed by atoms with Gasteiger partial charge in [0.15, 0.2) is 0 Å². The molecule has 1 atom stereocenters. The zero-order valence-corrected chi connectivity index (χ0v) is 10.2. The molecule has 1 aliphatic heterocycles. The van der Waals surface area contributed by atoms with Gasteiger partial charge in [0.1, 0.15) is 0 Å². The Bertz CT molecular complexity index is 171. The minimum Gasteiger partial charge on any atom is -0.313 e. The average molecular weight is 210 g/mol. The predicted molar refractivity (Wildman–Crippen MR) is 65.1 cm³/mol. The van der Waals surface area contributed by atoms with Gasteiger partial charge in [-0.05, 0) is 51.1 Å². The van der Waals surface area contributed by atoms with Crippen LogP contribution in [-0.2, 0) is 0 Å². The fourth-order valence-electron chi connectivity index (χ4n) is 2.84. The monoisotopic (exact) mass is 210 g/mol. The summed E-state index contributed by atoms with van der Waals surface area (Å²) in [5, 5.41) is 3.61. The normalized spacial score (nSPS) is 27.2. The third kappa shape index (κ3) is 3.46. The van der Waals surface area contributed by atoms with Crippen molar-refractivity contribution in [2.45, 2.75) is 51.5 Å². The number of nitrogens with zero attached hydrogens (tertiary/aromatic N) is 1. The van der Waals surface area contributed by atoms with Crippen molar-refractivity contribution in [2.75, 3.05) is 26.2 Å². The molecule has 2 heteroatoms. The SMILES string of the molecule is CCCN(CC1CCC1)CC1CCCN1. The highest BCUT2D eigenvalue weighted by molar-refractivity contribution is 4.80. The van der Waals surface area contributed by atoms with E-state index in [0.717, 1.165) is 12.0 Å². The van der Waals surface area contributed by atoms with E-state index >= 15 is 0 Å². The Hall–Kier alpha value is -0.0800. The van der Waals surface area contributed by atoms with Crippen molar-refractivity contribution in [3.8, 4) is 0 Å². The second kappa shape index (κ2) is 5.86. The van der Waals surface area contributed by atoms with Gasteiger partial charge in [0.05, 0.1) is 0 Å². The van der Waals surface area contributed by atoms with E-state index in [1.165, 1.54) is 64.7 Å². The molecule has 0 aromatic carbocycles. The van der Waals surface area contributed by atoms with Crippen molar-refractivity contribution in [1.82, 2.24) is 10.2 Å². The van der Waals surface area contributed by atoms with E-state index in [9.17, 15) is 0 Å². The van der Waals surface area contributed by atoms with Crippen molar-refractivity contribution in [3.63, 3.8) is 0 Å². The number of hydrogen-bond donors (Lipinski definition) is 1. The van der Waals surface area contributed by atoms with Gasteiger partial charge < -0.3 is 10.2 Å². The Morgan fingerprint density at radius 2 is 2.00 bits per heavy atom. The van der Waals surface area contributed by atoms with Gasteiger partial charge in [-0.2, -0.15) is 0 Å². The first-order valence-corrected chi connectivity index (χ1v) is 6.84. The molecule has 0 aromatic rings. The fourth-order valence-corrected chi connectivity index (χ4v) is 2.84. The van der Waals surface area contributed by atoms with Crippen molar-refractivity contribution in [1.29, 1.82) is 0 Å². The molecule has 1 N–H and O–H groups in total. The molecule has 2 aliphatic rings. The molecule has 2 rings (SSSR count). The van der Waals surface area contributed by atoms with Crippen LogP contribution in [0.5, 0.6) is 0 Å². The maximum absolute atomic E-state index is 3.61. The number of hydrogen-bond acceptors (Lipinski definition) is 2. The van der Waals surface area contributed by atoms with Crippen LogP contribution in [0.1, 0.15) is 45.4 Å². The maximum atomic E-state index is 3.61. The third-order valence-electron chi connectivity index (χ3n) is 3.92. The lowest BCUT2D eigenvalue weighted by molar-refractivity contribution is 0.167. The van der Waals surface area contributed by atoms with Gasteiger partial charge >= 0.3 is 0 Å². The van der Waals surface area contributed by atoms with E-state index in [2.05, 4.69) is 17.1 Å². The van der Waals surface area contributed by atoms with Crippen molar-refractivity contribution >= 4 is 0 Å². The average Bonchev–Trinajstić information content (AvgIpc) is 2.64. The lowest BCUT2D eigenvalue weighted by Gasteiger charge is -2.33. The van der Waals surface area contributed by atoms with Crippen molar-refractivity contribution in [3.05, 3.63) is 0 Å². The second-order valence-corrected chi connectivity index (χ2v) is 5.35. The summed E-state index contributed by atoms with van der Waals surface area (Å²) in [7, 11) is 0. The van der Waals surface area contributed by atoms with Gasteiger partial charge in [0, 0.05) is 19.1 Å². The van der Waals surface area contributed by atoms with E-state index in [1.54, 1.807) is 0 Å². The van der Waals surface area contributed by atoms with E-state index in [4.69, 9.17) is 0 Å². The van der Waals surface area contributed by atoms with E-state index in [-0.39, 0.29) is 0 Å². The molecule has 1 aliphatic carbocycles. The van der Waals surface area contributed by atoms with Crippen LogP contribution < -0.4 is 5.32 Å². The molecular weight excluding hydrogens is 184 g/mol. The molecule has 0 spiro atoms. The third-order valence-corrected chi connectivity index (χ3v) is 3.92. The predicted octanol–water partition coefficient (Wildman–Crippen LogP) is 2.25. The number of rotatable bonds is 6. The molecule has 0 radical (unpaired) electrons. The smallest absolute Gasteiger partial charge is 0.0195 e. The molecule has 1 saturated heterocycles. The molecule has 2 nitrogen and oxygen atoms in total. The molecule has 0 amide bonds. The lowest BCUT2D eigenvalue weighted by atomic mass is 9.85. The molecular formula is C13H26N2. The van der Waals surface area contributed by atoms with E-state index in [1.807, 2.05) is 0 Å². The van der Waals surface area contributed by atoms with Crippen molar-refractivity contribution in [2.24, 2.45) is 5.92 Å². The standard InChI is InChI=1S/C13H26N2/c1-2-9-15(10-12-5-3-6-12)11-13-7-4-8-14-13/h12-14H,2-11H2,1H3. The minimum absolute atomic E-state index is 0.789. The summed E-state index contributed by atoms with van der Waals surface area (Å²) in [6.45, 7) is 7.51. The van der Waals surface area contributed by atoms with Gasteiger partial charge in [-0.15, -0.1) is 0 Å². The summed E-state index contributed by atoms with van der Waals surface area (Å²) in [5.74, 6) is 1.03. The van der Waals surface area contributed by atoms with Crippen molar-refractivity contribution < 1.29 is 0 Å². The first-order valence-electron chi connectivity index (χ1n) is 6.84. The maximum Gasteiger partial charge on any atom is 0.0195 e. The van der Waals surface area contributed by atoms with Gasteiger partial charge in [-0.25, -0.2) is 0 Å². The Morgan fingerprint density at radius 1 is 1.13 bits per heavy atom. The minimum atomic E-state index is 0.789. The topological polar surface area (TPSA) is 15.3 Å². The Balaban J connectivity index is 1.70. The highest BCUT2D eigenvalue weighted by Gasteiger charge is 2.23. The molecule has 1 heterocycles. The molecule has 0 bridgehead atoms. The first kappa shape index (κ1) is 11.4. The summed E-state index contributed by atoms with van der Waals surface area (Å²) in [6.07, 6.45) is 8.53. The Morgan fingerprint density at radius 3 is 2.53 bits per heavy atom. The summed E-state index contributed by atoms with van der Waals surface area (Å²) >= 11 is 0. The van der Waals surface area contributed by atoms with Crippen LogP contribution in [-0.4, -0.2) is 37.1 Å². The van der Waals surface area contributed by atoms with E-state index < -0.39 is 0 Å². The van der Waals surface area contributed by atoms with Crippen LogP contribution in [0.2, 0.25) is 0 Å². The van der Waals surface area contributed by atoms with Crippen LogP contribution in [0.15, 0.2) is 0 Å². The second-order valence-electron chi connectivity index (χ2n) is 5.35. The summed E-state index contributed by atoms with van der Waals surface area (Å²) in [5.41, 5.74) is 0. The highest BCUT2D eigenvalue weighted by Crippen LogP contribution is 2.27. The molecule has 0 aromatic heterocycles. The molecule has 1 saturated carbocycles.